The Hall–Kier alpha value is -1.02. The van der Waals surface area contributed by atoms with Crippen LogP contribution in [0.25, 0.3) is 0 Å². The number of hydrogen-bond acceptors (Lipinski definition) is 2. The summed E-state index contributed by atoms with van der Waals surface area (Å²) in [7, 11) is 4.13. The Morgan fingerprint density at radius 1 is 1.29 bits per heavy atom. The molecule has 1 rings (SSSR count). The molecule has 0 atom stereocenters. The Kier molecular flexibility index (Phi) is 3.96. The summed E-state index contributed by atoms with van der Waals surface area (Å²) in [4.78, 5) is 2.16. The van der Waals surface area contributed by atoms with Crippen molar-refractivity contribution in [3.8, 4) is 5.75 Å². The molecule has 0 unspecified atom stereocenters. The number of benzene rings is 1. The molecule has 0 heterocycles. The van der Waals surface area contributed by atoms with Gasteiger partial charge in [-0.05, 0) is 51.5 Å². The lowest BCUT2D eigenvalue weighted by molar-refractivity contribution is 0.397. The first-order valence-electron chi connectivity index (χ1n) is 5.03. The van der Waals surface area contributed by atoms with E-state index in [-0.39, 0.29) is 0 Å². The van der Waals surface area contributed by atoms with Crippen LogP contribution in [0.5, 0.6) is 5.75 Å². The van der Waals surface area contributed by atoms with Crippen molar-refractivity contribution in [3.05, 3.63) is 29.3 Å². The molecule has 1 aromatic carbocycles. The average Bonchev–Trinajstić information content (AvgIpc) is 2.12. The second-order valence-electron chi connectivity index (χ2n) is 3.99. The van der Waals surface area contributed by atoms with Crippen LogP contribution in [0.1, 0.15) is 17.5 Å². The van der Waals surface area contributed by atoms with E-state index in [0.29, 0.717) is 5.75 Å². The van der Waals surface area contributed by atoms with Gasteiger partial charge < -0.3 is 10.0 Å². The summed E-state index contributed by atoms with van der Waals surface area (Å²) in [6, 6.07) is 5.93. The Morgan fingerprint density at radius 2 is 2.00 bits per heavy atom. The van der Waals surface area contributed by atoms with E-state index in [1.54, 1.807) is 0 Å². The molecule has 2 heteroatoms. The first-order valence-corrected chi connectivity index (χ1v) is 5.03. The lowest BCUT2D eigenvalue weighted by atomic mass is 10.1. The van der Waals surface area contributed by atoms with Gasteiger partial charge in [0.2, 0.25) is 0 Å². The largest absolute Gasteiger partial charge is 0.507 e. The molecular formula is C12H19NO. The average molecular weight is 193 g/mol. The van der Waals surface area contributed by atoms with Crippen LogP contribution in [0.4, 0.5) is 0 Å². The summed E-state index contributed by atoms with van der Waals surface area (Å²) in [6.07, 6.45) is 2.04. The molecule has 0 aliphatic carbocycles. The molecule has 1 N–H and O–H groups in total. The van der Waals surface area contributed by atoms with Crippen molar-refractivity contribution in [1.29, 1.82) is 0 Å². The maximum absolute atomic E-state index is 9.75. The van der Waals surface area contributed by atoms with Gasteiger partial charge in [0.05, 0.1) is 0 Å². The van der Waals surface area contributed by atoms with Gasteiger partial charge in [0.15, 0.2) is 0 Å². The standard InChI is InChI=1S/C12H19NO/c1-10-6-4-7-11(12(10)14)8-5-9-13(2)3/h4,6-7,14H,5,8-9H2,1-3H3. The minimum atomic E-state index is 0.464. The summed E-state index contributed by atoms with van der Waals surface area (Å²) in [5.41, 5.74) is 2.03. The molecule has 0 spiro atoms. The van der Waals surface area contributed by atoms with Gasteiger partial charge in [-0.15, -0.1) is 0 Å². The molecule has 0 fully saturated rings. The Labute approximate surface area is 86.2 Å². The lowest BCUT2D eigenvalue weighted by Gasteiger charge is -2.10. The highest BCUT2D eigenvalue weighted by Gasteiger charge is 2.02. The number of aryl methyl sites for hydroxylation is 2. The van der Waals surface area contributed by atoms with Gasteiger partial charge in [0.1, 0.15) is 5.75 Å². The predicted molar refractivity (Wildman–Crippen MR) is 59.7 cm³/mol. The Morgan fingerprint density at radius 3 is 2.64 bits per heavy atom. The van der Waals surface area contributed by atoms with Crippen molar-refractivity contribution >= 4 is 0 Å². The van der Waals surface area contributed by atoms with Crippen molar-refractivity contribution < 1.29 is 5.11 Å². The Balaban J connectivity index is 2.54. The monoisotopic (exact) mass is 193 g/mol. The lowest BCUT2D eigenvalue weighted by Crippen LogP contribution is -2.13. The summed E-state index contributed by atoms with van der Waals surface area (Å²) in [5.74, 6) is 0.464. The maximum atomic E-state index is 9.75. The zero-order valence-corrected chi connectivity index (χ0v) is 9.25. The van der Waals surface area contributed by atoms with Gasteiger partial charge in [0, 0.05) is 0 Å². The van der Waals surface area contributed by atoms with Gasteiger partial charge in [0.25, 0.3) is 0 Å². The highest BCUT2D eigenvalue weighted by atomic mass is 16.3. The highest BCUT2D eigenvalue weighted by molar-refractivity contribution is 5.39. The van der Waals surface area contributed by atoms with E-state index < -0.39 is 0 Å². The summed E-state index contributed by atoms with van der Waals surface area (Å²) < 4.78 is 0. The molecule has 2 nitrogen and oxygen atoms in total. The maximum Gasteiger partial charge on any atom is 0.121 e. The minimum Gasteiger partial charge on any atom is -0.507 e. The number of hydrogen-bond donors (Lipinski definition) is 1. The van der Waals surface area contributed by atoms with Crippen molar-refractivity contribution in [2.45, 2.75) is 19.8 Å². The van der Waals surface area contributed by atoms with Gasteiger partial charge in [-0.2, -0.15) is 0 Å². The molecule has 0 aromatic heterocycles. The fraction of sp³-hybridized carbons (Fsp3) is 0.500. The van der Waals surface area contributed by atoms with Crippen LogP contribution >= 0.6 is 0 Å². The van der Waals surface area contributed by atoms with Crippen molar-refractivity contribution in [2.24, 2.45) is 0 Å². The molecular weight excluding hydrogens is 174 g/mol. The molecule has 0 bridgehead atoms. The first-order chi connectivity index (χ1) is 6.61. The second kappa shape index (κ2) is 5.01. The SMILES string of the molecule is Cc1cccc(CCCN(C)C)c1O. The molecule has 78 valence electrons. The van der Waals surface area contributed by atoms with Crippen LogP contribution < -0.4 is 0 Å². The highest BCUT2D eigenvalue weighted by Crippen LogP contribution is 2.22. The molecule has 0 radical (unpaired) electrons. The van der Waals surface area contributed by atoms with Crippen LogP contribution in [0.3, 0.4) is 0 Å². The van der Waals surface area contributed by atoms with Crippen molar-refractivity contribution in [2.75, 3.05) is 20.6 Å². The molecule has 0 saturated carbocycles. The van der Waals surface area contributed by atoms with Crippen molar-refractivity contribution in [1.82, 2.24) is 4.90 Å². The van der Waals surface area contributed by atoms with E-state index in [1.165, 1.54) is 0 Å². The number of nitrogens with zero attached hydrogens (tertiary/aromatic N) is 1. The number of rotatable bonds is 4. The van der Waals surface area contributed by atoms with Crippen LogP contribution in [-0.2, 0) is 6.42 Å². The third kappa shape index (κ3) is 3.04. The predicted octanol–water partition coefficient (Wildman–Crippen LogP) is 2.19. The molecule has 1 aromatic rings. The number of phenols is 1. The fourth-order valence-corrected chi connectivity index (χ4v) is 1.51. The van der Waals surface area contributed by atoms with Crippen LogP contribution in [0, 0.1) is 6.92 Å². The normalized spacial score (nSPS) is 10.9. The van der Waals surface area contributed by atoms with Gasteiger partial charge in [-0.25, -0.2) is 0 Å². The van der Waals surface area contributed by atoms with E-state index in [4.69, 9.17) is 0 Å². The summed E-state index contributed by atoms with van der Waals surface area (Å²) in [5, 5.41) is 9.75. The Bertz CT molecular complexity index is 294. The molecule has 0 aliphatic rings. The zero-order chi connectivity index (χ0) is 10.6. The molecule has 0 amide bonds. The van der Waals surface area contributed by atoms with Gasteiger partial charge in [-0.3, -0.25) is 0 Å². The van der Waals surface area contributed by atoms with E-state index in [1.807, 2.05) is 25.1 Å². The smallest absolute Gasteiger partial charge is 0.121 e. The van der Waals surface area contributed by atoms with Gasteiger partial charge >= 0.3 is 0 Å². The quantitative estimate of drug-likeness (QED) is 0.792. The van der Waals surface area contributed by atoms with Gasteiger partial charge in [-0.1, -0.05) is 18.2 Å². The fourth-order valence-electron chi connectivity index (χ4n) is 1.51. The van der Waals surface area contributed by atoms with E-state index in [9.17, 15) is 5.11 Å². The van der Waals surface area contributed by atoms with E-state index in [0.717, 1.165) is 30.5 Å². The third-order valence-electron chi connectivity index (χ3n) is 2.37. The van der Waals surface area contributed by atoms with Crippen molar-refractivity contribution in [3.63, 3.8) is 0 Å². The number of aromatic hydroxyl groups is 1. The molecule has 0 aliphatic heterocycles. The van der Waals surface area contributed by atoms with Crippen LogP contribution in [0.2, 0.25) is 0 Å². The van der Waals surface area contributed by atoms with Crippen LogP contribution in [0.15, 0.2) is 18.2 Å². The molecule has 14 heavy (non-hydrogen) atoms. The zero-order valence-electron chi connectivity index (χ0n) is 9.25. The second-order valence-corrected chi connectivity index (χ2v) is 3.99. The number of phenolic OH excluding ortho intramolecular Hbond substituents is 1. The third-order valence-corrected chi connectivity index (χ3v) is 2.37. The summed E-state index contributed by atoms with van der Waals surface area (Å²) >= 11 is 0. The van der Waals surface area contributed by atoms with Crippen LogP contribution in [-0.4, -0.2) is 30.6 Å². The minimum absolute atomic E-state index is 0.464. The molecule has 0 saturated heterocycles. The van der Waals surface area contributed by atoms with E-state index in [2.05, 4.69) is 19.0 Å². The first kappa shape index (κ1) is 11.1. The van der Waals surface area contributed by atoms with E-state index >= 15 is 0 Å². The summed E-state index contributed by atoms with van der Waals surface area (Å²) in [6.45, 7) is 3.00. The number of para-hydroxylation sites is 1. The topological polar surface area (TPSA) is 23.5 Å².